The highest BCUT2D eigenvalue weighted by atomic mass is 79.9. The van der Waals surface area contributed by atoms with Crippen LogP contribution >= 0.6 is 15.9 Å². The van der Waals surface area contributed by atoms with Crippen molar-refractivity contribution in [3.05, 3.63) is 58.4 Å². The van der Waals surface area contributed by atoms with Gasteiger partial charge in [-0.3, -0.25) is 9.59 Å². The molecule has 0 unspecified atom stereocenters. The number of nitrogens with zero attached hydrogens (tertiary/aromatic N) is 2. The van der Waals surface area contributed by atoms with Gasteiger partial charge in [0.15, 0.2) is 5.58 Å². The lowest BCUT2D eigenvalue weighted by Crippen LogP contribution is -2.64. The molecule has 3 aromatic rings. The van der Waals surface area contributed by atoms with E-state index in [4.69, 9.17) is 4.42 Å². The van der Waals surface area contributed by atoms with E-state index in [0.29, 0.717) is 24.4 Å². The van der Waals surface area contributed by atoms with Gasteiger partial charge >= 0.3 is 0 Å². The summed E-state index contributed by atoms with van der Waals surface area (Å²) in [5.74, 6) is -0.238. The van der Waals surface area contributed by atoms with E-state index >= 15 is 0 Å². The summed E-state index contributed by atoms with van der Waals surface area (Å²) in [5, 5.41) is 3.26. The minimum atomic E-state index is -1.01. The lowest BCUT2D eigenvalue weighted by molar-refractivity contribution is -0.134. The summed E-state index contributed by atoms with van der Waals surface area (Å²) in [6, 6.07) is 11.7. The van der Waals surface area contributed by atoms with E-state index in [2.05, 4.69) is 21.2 Å². The lowest BCUT2D eigenvalue weighted by atomic mass is 9.91. The predicted octanol–water partition coefficient (Wildman–Crippen LogP) is 4.86. The second-order valence-electron chi connectivity index (χ2n) is 8.89. The number of carbonyl (C=O) groups excluding carboxylic acids is 2. The highest BCUT2D eigenvalue weighted by molar-refractivity contribution is 9.10. The minimum Gasteiger partial charge on any atom is -0.463 e. The molecule has 5 rings (SSSR count). The molecule has 0 spiro atoms. The van der Waals surface area contributed by atoms with Crippen LogP contribution in [0.25, 0.3) is 11.1 Å². The third-order valence-corrected chi connectivity index (χ3v) is 7.20. The monoisotopic (exact) mass is 483 g/mol. The number of amides is 2. The van der Waals surface area contributed by atoms with Gasteiger partial charge in [0.25, 0.3) is 5.91 Å². The Morgan fingerprint density at radius 1 is 1.23 bits per heavy atom. The Balaban J connectivity index is 1.53. The molecule has 1 aliphatic carbocycles. The van der Waals surface area contributed by atoms with Crippen LogP contribution in [0.1, 0.15) is 55.1 Å². The zero-order valence-electron chi connectivity index (χ0n) is 17.6. The fraction of sp³-hybridized carbons (Fsp3) is 0.417. The first kappa shape index (κ1) is 20.4. The SMILES string of the molecule is C[C@@]1(C(=O)NC2CCCCC2)Cn2c(cc3occc32)C(=O)N1Cc1cccc(Br)c1. The molecule has 162 valence electrons. The molecule has 1 N–H and O–H groups in total. The first-order valence-electron chi connectivity index (χ1n) is 10.9. The van der Waals surface area contributed by atoms with Gasteiger partial charge < -0.3 is 19.2 Å². The number of fused-ring (bicyclic) bond motifs is 3. The molecule has 0 radical (unpaired) electrons. The van der Waals surface area contributed by atoms with Crippen molar-refractivity contribution in [1.29, 1.82) is 0 Å². The van der Waals surface area contributed by atoms with E-state index < -0.39 is 5.54 Å². The van der Waals surface area contributed by atoms with Crippen molar-refractivity contribution in [3.63, 3.8) is 0 Å². The molecule has 3 heterocycles. The highest BCUT2D eigenvalue weighted by Gasteiger charge is 2.48. The summed E-state index contributed by atoms with van der Waals surface area (Å²) in [4.78, 5) is 29.0. The first-order valence-corrected chi connectivity index (χ1v) is 11.7. The van der Waals surface area contributed by atoms with Crippen molar-refractivity contribution < 1.29 is 14.0 Å². The Morgan fingerprint density at radius 2 is 2.03 bits per heavy atom. The van der Waals surface area contributed by atoms with E-state index in [0.717, 1.165) is 41.2 Å². The number of hydrogen-bond acceptors (Lipinski definition) is 3. The molecule has 1 saturated carbocycles. The van der Waals surface area contributed by atoms with E-state index in [1.54, 1.807) is 17.2 Å². The van der Waals surface area contributed by atoms with Crippen molar-refractivity contribution in [2.75, 3.05) is 0 Å². The number of rotatable bonds is 4. The largest absolute Gasteiger partial charge is 0.463 e. The fourth-order valence-corrected chi connectivity index (χ4v) is 5.37. The molecular formula is C24H26BrN3O3. The van der Waals surface area contributed by atoms with Gasteiger partial charge in [0.2, 0.25) is 5.91 Å². The maximum absolute atomic E-state index is 13.7. The average Bonchev–Trinajstić information content (AvgIpc) is 3.34. The number of nitrogens with one attached hydrogen (secondary N) is 1. The van der Waals surface area contributed by atoms with E-state index in [1.807, 2.05) is 41.8 Å². The molecule has 1 atom stereocenters. The van der Waals surface area contributed by atoms with Crippen molar-refractivity contribution in [1.82, 2.24) is 14.8 Å². The maximum atomic E-state index is 13.7. The van der Waals surface area contributed by atoms with Gasteiger partial charge in [-0.1, -0.05) is 47.3 Å². The summed E-state index contributed by atoms with van der Waals surface area (Å²) < 4.78 is 8.42. The second kappa shape index (κ2) is 7.86. The molecule has 1 aliphatic heterocycles. The second-order valence-corrected chi connectivity index (χ2v) is 9.80. The minimum absolute atomic E-state index is 0.0845. The molecule has 2 aliphatic rings. The van der Waals surface area contributed by atoms with Crippen LogP contribution in [0.4, 0.5) is 0 Å². The van der Waals surface area contributed by atoms with Gasteiger partial charge in [0.1, 0.15) is 11.2 Å². The summed E-state index contributed by atoms with van der Waals surface area (Å²) in [7, 11) is 0. The van der Waals surface area contributed by atoms with Gasteiger partial charge in [0, 0.05) is 29.2 Å². The third kappa shape index (κ3) is 3.59. The van der Waals surface area contributed by atoms with Crippen molar-refractivity contribution >= 4 is 38.8 Å². The zero-order valence-corrected chi connectivity index (χ0v) is 19.2. The standard InChI is InChI=1S/C24H26BrN3O3/c1-24(23(30)26-18-8-3-2-4-9-18)15-27-19-10-11-31-21(19)13-20(27)22(29)28(24)14-16-6-5-7-17(25)12-16/h5-7,10-13,18H,2-4,8-9,14-15H2,1H3,(H,26,30)/t24-/m0/s1. The van der Waals surface area contributed by atoms with Crippen LogP contribution in [-0.4, -0.2) is 32.9 Å². The first-order chi connectivity index (χ1) is 15.0. The number of carbonyl (C=O) groups is 2. The number of benzene rings is 1. The fourth-order valence-electron chi connectivity index (χ4n) is 4.93. The Morgan fingerprint density at radius 3 is 2.81 bits per heavy atom. The van der Waals surface area contributed by atoms with Crippen LogP contribution in [0.5, 0.6) is 0 Å². The molecule has 2 aromatic heterocycles. The molecule has 6 nitrogen and oxygen atoms in total. The summed E-state index contributed by atoms with van der Waals surface area (Å²) in [5.41, 5.74) is 2.05. The van der Waals surface area contributed by atoms with Crippen LogP contribution in [0, 0.1) is 0 Å². The zero-order chi connectivity index (χ0) is 21.6. The van der Waals surface area contributed by atoms with E-state index in [-0.39, 0.29) is 17.9 Å². The quantitative estimate of drug-likeness (QED) is 0.575. The van der Waals surface area contributed by atoms with Gasteiger partial charge in [-0.2, -0.15) is 0 Å². The topological polar surface area (TPSA) is 67.5 Å². The number of halogens is 1. The maximum Gasteiger partial charge on any atom is 0.271 e. The number of furan rings is 1. The summed E-state index contributed by atoms with van der Waals surface area (Å²) in [6.07, 6.45) is 7.13. The summed E-state index contributed by atoms with van der Waals surface area (Å²) in [6.45, 7) is 2.64. The van der Waals surface area contributed by atoms with Gasteiger partial charge in [0.05, 0.1) is 18.3 Å². The van der Waals surface area contributed by atoms with Crippen LogP contribution in [-0.2, 0) is 17.9 Å². The summed E-state index contributed by atoms with van der Waals surface area (Å²) >= 11 is 3.51. The molecular weight excluding hydrogens is 458 g/mol. The Hall–Kier alpha value is -2.54. The molecule has 1 aromatic carbocycles. The van der Waals surface area contributed by atoms with Gasteiger partial charge in [-0.05, 0) is 37.5 Å². The van der Waals surface area contributed by atoms with Crippen molar-refractivity contribution in [2.24, 2.45) is 0 Å². The number of aromatic nitrogens is 1. The van der Waals surface area contributed by atoms with E-state index in [1.165, 1.54) is 6.42 Å². The number of hydrogen-bond donors (Lipinski definition) is 1. The normalized spacial score (nSPS) is 22.0. The van der Waals surface area contributed by atoms with Crippen LogP contribution in [0.3, 0.4) is 0 Å². The van der Waals surface area contributed by atoms with E-state index in [9.17, 15) is 9.59 Å². The predicted molar refractivity (Wildman–Crippen MR) is 122 cm³/mol. The molecule has 31 heavy (non-hydrogen) atoms. The van der Waals surface area contributed by atoms with Crippen LogP contribution in [0.2, 0.25) is 0 Å². The van der Waals surface area contributed by atoms with Crippen molar-refractivity contribution in [3.8, 4) is 0 Å². The third-order valence-electron chi connectivity index (χ3n) is 6.71. The Kier molecular flexibility index (Phi) is 5.16. The molecule has 7 heteroatoms. The molecule has 2 amide bonds. The smallest absolute Gasteiger partial charge is 0.271 e. The van der Waals surface area contributed by atoms with Crippen LogP contribution in [0.15, 0.2) is 51.6 Å². The van der Waals surface area contributed by atoms with Gasteiger partial charge in [-0.15, -0.1) is 0 Å². The average molecular weight is 484 g/mol. The highest BCUT2D eigenvalue weighted by Crippen LogP contribution is 2.34. The molecule has 0 bridgehead atoms. The Bertz CT molecular complexity index is 1140. The molecule has 1 fully saturated rings. The van der Waals surface area contributed by atoms with Crippen LogP contribution < -0.4 is 5.32 Å². The van der Waals surface area contributed by atoms with Crippen molar-refractivity contribution in [2.45, 2.75) is 63.7 Å². The Labute approximate surface area is 189 Å². The van der Waals surface area contributed by atoms with Gasteiger partial charge in [-0.25, -0.2) is 0 Å². The lowest BCUT2D eigenvalue weighted by Gasteiger charge is -2.44. The molecule has 0 saturated heterocycles.